The molecule has 0 fully saturated rings. The monoisotopic (exact) mass is 453 g/mol. The molecule has 0 bridgehead atoms. The van der Waals surface area contributed by atoms with E-state index in [9.17, 15) is 4.79 Å². The number of aromatic nitrogens is 2. The first-order chi connectivity index (χ1) is 15.0. The number of anilines is 1. The van der Waals surface area contributed by atoms with Gasteiger partial charge >= 0.3 is 5.97 Å². The first-order valence-corrected chi connectivity index (χ1v) is 10.7. The van der Waals surface area contributed by atoms with Crippen LogP contribution in [0.15, 0.2) is 66.7 Å². The summed E-state index contributed by atoms with van der Waals surface area (Å²) in [6.07, 6.45) is 0.259. The van der Waals surface area contributed by atoms with Crippen LogP contribution in [0.5, 0.6) is 0 Å². The second-order valence-electron chi connectivity index (χ2n) is 7.00. The van der Waals surface area contributed by atoms with Gasteiger partial charge in [0.05, 0.1) is 24.4 Å². The quantitative estimate of drug-likeness (QED) is 0.330. The summed E-state index contributed by atoms with van der Waals surface area (Å²) < 4.78 is 6.83. The van der Waals surface area contributed by atoms with Crippen molar-refractivity contribution >= 4 is 45.8 Å². The van der Waals surface area contributed by atoms with E-state index in [2.05, 4.69) is 29.6 Å². The Morgan fingerprint density at radius 1 is 1.00 bits per heavy atom. The lowest BCUT2D eigenvalue weighted by Gasteiger charge is -2.10. The molecular formula is C24H21Cl2N3O2. The minimum atomic E-state index is -0.242. The van der Waals surface area contributed by atoms with Crippen LogP contribution >= 0.6 is 23.2 Å². The van der Waals surface area contributed by atoms with Gasteiger partial charge < -0.3 is 10.1 Å². The highest BCUT2D eigenvalue weighted by molar-refractivity contribution is 6.35. The Bertz CT molecular complexity index is 1220. The van der Waals surface area contributed by atoms with Crippen LogP contribution < -0.4 is 5.32 Å². The zero-order valence-electron chi connectivity index (χ0n) is 16.9. The summed E-state index contributed by atoms with van der Waals surface area (Å²) >= 11 is 12.4. The van der Waals surface area contributed by atoms with Crippen LogP contribution in [0.25, 0.3) is 27.7 Å². The first-order valence-electron chi connectivity index (χ1n) is 9.98. The van der Waals surface area contributed by atoms with E-state index in [0.717, 1.165) is 33.5 Å². The summed E-state index contributed by atoms with van der Waals surface area (Å²) in [5.74, 6) is 0.513. The van der Waals surface area contributed by atoms with Crippen LogP contribution in [0.3, 0.4) is 0 Å². The van der Waals surface area contributed by atoms with Gasteiger partial charge in [0.1, 0.15) is 5.82 Å². The van der Waals surface area contributed by atoms with Crippen molar-refractivity contribution < 1.29 is 9.53 Å². The van der Waals surface area contributed by atoms with Gasteiger partial charge in [-0.2, -0.15) is 5.10 Å². The third kappa shape index (κ3) is 5.01. The standard InChI is InChI=1S/C24H21Cl2N3O2/c1-2-31-24(30)9-10-27-23-15-22(18-11-19(25)14-20(26)12-18)28-29(23)21-8-7-16-5-3-4-6-17(16)13-21/h3-8,11-15,27H,2,9-10H2,1H3. The number of fused-ring (bicyclic) bond motifs is 1. The number of carbonyl (C=O) groups excluding carboxylic acids is 1. The molecule has 0 atom stereocenters. The summed E-state index contributed by atoms with van der Waals surface area (Å²) in [7, 11) is 0. The van der Waals surface area contributed by atoms with E-state index < -0.39 is 0 Å². The Kier molecular flexibility index (Phi) is 6.44. The molecule has 0 spiro atoms. The molecule has 31 heavy (non-hydrogen) atoms. The third-order valence-corrected chi connectivity index (χ3v) is 5.22. The molecule has 7 heteroatoms. The van der Waals surface area contributed by atoms with E-state index in [0.29, 0.717) is 23.2 Å². The highest BCUT2D eigenvalue weighted by Gasteiger charge is 2.13. The fraction of sp³-hybridized carbons (Fsp3) is 0.167. The van der Waals surface area contributed by atoms with E-state index >= 15 is 0 Å². The number of ether oxygens (including phenoxy) is 1. The van der Waals surface area contributed by atoms with Gasteiger partial charge in [-0.1, -0.05) is 53.5 Å². The van der Waals surface area contributed by atoms with E-state index in [4.69, 9.17) is 33.0 Å². The maximum atomic E-state index is 11.7. The SMILES string of the molecule is CCOC(=O)CCNc1cc(-c2cc(Cl)cc(Cl)c2)nn1-c1ccc2ccccc2c1. The number of benzene rings is 3. The predicted molar refractivity (Wildman–Crippen MR) is 126 cm³/mol. The van der Waals surface area contributed by atoms with Gasteiger partial charge in [-0.3, -0.25) is 4.79 Å². The zero-order valence-corrected chi connectivity index (χ0v) is 18.5. The van der Waals surface area contributed by atoms with Crippen LogP contribution in [0.2, 0.25) is 10.0 Å². The molecular weight excluding hydrogens is 433 g/mol. The van der Waals surface area contributed by atoms with Crippen molar-refractivity contribution in [1.82, 2.24) is 9.78 Å². The highest BCUT2D eigenvalue weighted by atomic mass is 35.5. The second kappa shape index (κ2) is 9.41. The first kappa shape index (κ1) is 21.2. The molecule has 4 aromatic rings. The molecule has 0 aliphatic heterocycles. The summed E-state index contributed by atoms with van der Waals surface area (Å²) in [5, 5.41) is 11.4. The highest BCUT2D eigenvalue weighted by Crippen LogP contribution is 2.30. The molecule has 0 saturated heterocycles. The number of nitrogens with one attached hydrogen (secondary N) is 1. The Morgan fingerprint density at radius 3 is 2.48 bits per heavy atom. The van der Waals surface area contributed by atoms with Crippen LogP contribution in [0.1, 0.15) is 13.3 Å². The predicted octanol–water partition coefficient (Wildman–Crippen LogP) is 6.36. The van der Waals surface area contributed by atoms with Gasteiger partial charge in [-0.25, -0.2) is 4.68 Å². The van der Waals surface area contributed by atoms with Crippen molar-refractivity contribution in [3.05, 3.63) is 76.8 Å². The Hall–Kier alpha value is -3.02. The topological polar surface area (TPSA) is 56.1 Å². The summed E-state index contributed by atoms with van der Waals surface area (Å²) in [5.41, 5.74) is 2.43. The van der Waals surface area contributed by atoms with Gasteiger partial charge in [-0.15, -0.1) is 0 Å². The maximum absolute atomic E-state index is 11.7. The van der Waals surface area contributed by atoms with Crippen molar-refractivity contribution in [3.8, 4) is 16.9 Å². The van der Waals surface area contributed by atoms with Crippen LogP contribution in [-0.2, 0) is 9.53 Å². The summed E-state index contributed by atoms with van der Waals surface area (Å²) in [4.78, 5) is 11.7. The van der Waals surface area contributed by atoms with E-state index in [1.807, 2.05) is 41.1 Å². The van der Waals surface area contributed by atoms with Crippen LogP contribution in [-0.4, -0.2) is 28.9 Å². The van der Waals surface area contributed by atoms with Gasteiger partial charge in [0.15, 0.2) is 0 Å². The molecule has 1 aromatic heterocycles. The fourth-order valence-corrected chi connectivity index (χ4v) is 3.91. The molecule has 1 N–H and O–H groups in total. The van der Waals surface area contributed by atoms with Crippen LogP contribution in [0, 0.1) is 0 Å². The Labute approximate surface area is 190 Å². The molecule has 1 heterocycles. The van der Waals surface area contributed by atoms with Crippen molar-refractivity contribution in [3.63, 3.8) is 0 Å². The molecule has 5 nitrogen and oxygen atoms in total. The van der Waals surface area contributed by atoms with Crippen LogP contribution in [0.4, 0.5) is 5.82 Å². The van der Waals surface area contributed by atoms with E-state index in [1.54, 1.807) is 13.0 Å². The maximum Gasteiger partial charge on any atom is 0.307 e. The number of rotatable bonds is 7. The number of halogens is 2. The lowest BCUT2D eigenvalue weighted by molar-refractivity contribution is -0.142. The van der Waals surface area contributed by atoms with Gasteiger partial charge in [0.2, 0.25) is 0 Å². The lowest BCUT2D eigenvalue weighted by Crippen LogP contribution is -2.13. The van der Waals surface area contributed by atoms with Gasteiger partial charge in [-0.05, 0) is 48.0 Å². The van der Waals surface area contributed by atoms with Crippen molar-refractivity contribution in [2.45, 2.75) is 13.3 Å². The molecule has 0 aliphatic rings. The molecule has 0 radical (unpaired) electrons. The number of hydrogen-bond donors (Lipinski definition) is 1. The third-order valence-electron chi connectivity index (χ3n) is 4.79. The second-order valence-corrected chi connectivity index (χ2v) is 7.87. The molecule has 158 valence electrons. The molecule has 3 aromatic carbocycles. The minimum Gasteiger partial charge on any atom is -0.466 e. The average Bonchev–Trinajstić information content (AvgIpc) is 3.17. The van der Waals surface area contributed by atoms with Crippen molar-refractivity contribution in [2.75, 3.05) is 18.5 Å². The number of carbonyl (C=O) groups is 1. The molecule has 4 rings (SSSR count). The smallest absolute Gasteiger partial charge is 0.307 e. The minimum absolute atomic E-state index is 0.242. The van der Waals surface area contributed by atoms with E-state index in [-0.39, 0.29) is 12.4 Å². The number of esters is 1. The van der Waals surface area contributed by atoms with Gasteiger partial charge in [0, 0.05) is 28.2 Å². The van der Waals surface area contributed by atoms with E-state index in [1.165, 1.54) is 0 Å². The normalized spacial score (nSPS) is 10.9. The summed E-state index contributed by atoms with van der Waals surface area (Å²) in [6.45, 7) is 2.59. The summed E-state index contributed by atoms with van der Waals surface area (Å²) in [6, 6.07) is 21.6. The molecule has 0 saturated carbocycles. The largest absolute Gasteiger partial charge is 0.466 e. The van der Waals surface area contributed by atoms with Crippen molar-refractivity contribution in [2.24, 2.45) is 0 Å². The Morgan fingerprint density at radius 2 is 1.74 bits per heavy atom. The lowest BCUT2D eigenvalue weighted by atomic mass is 10.1. The average molecular weight is 454 g/mol. The zero-order chi connectivity index (χ0) is 21.8. The number of nitrogens with zero attached hydrogens (tertiary/aromatic N) is 2. The van der Waals surface area contributed by atoms with Gasteiger partial charge in [0.25, 0.3) is 0 Å². The fourth-order valence-electron chi connectivity index (χ4n) is 3.38. The molecule has 0 amide bonds. The molecule has 0 aliphatic carbocycles. The number of hydrogen-bond acceptors (Lipinski definition) is 4. The van der Waals surface area contributed by atoms with Crippen molar-refractivity contribution in [1.29, 1.82) is 0 Å². The molecule has 0 unspecified atom stereocenters. The Balaban J connectivity index is 1.71.